The summed E-state index contributed by atoms with van der Waals surface area (Å²) >= 11 is 9.12. The van der Waals surface area contributed by atoms with Gasteiger partial charge in [-0.15, -0.1) is 0 Å². The van der Waals surface area contributed by atoms with Gasteiger partial charge in [0.1, 0.15) is 0 Å². The Morgan fingerprint density at radius 1 is 0.286 bits per heavy atom. The van der Waals surface area contributed by atoms with Crippen LogP contribution in [0.1, 0.15) is 130 Å². The quantitative estimate of drug-likeness (QED) is 0.130. The molecule has 0 spiro atoms. The molecule has 4 nitrogen and oxygen atoms in total. The van der Waals surface area contributed by atoms with Crippen LogP contribution in [0, 0.1) is 3.57 Å². The molecule has 0 aromatic heterocycles. The summed E-state index contributed by atoms with van der Waals surface area (Å²) in [5.74, 6) is 0. The van der Waals surface area contributed by atoms with Gasteiger partial charge in [-0.3, -0.25) is 0 Å². The second kappa shape index (κ2) is 22.4. The summed E-state index contributed by atoms with van der Waals surface area (Å²) in [5, 5.41) is 0. The lowest BCUT2D eigenvalue weighted by atomic mass is 9.74. The van der Waals surface area contributed by atoms with Crippen LogP contribution in [-0.2, 0) is 34.9 Å². The fraction of sp³-hybridized carbons (Fsp3) is 0.280. The molecule has 84 heavy (non-hydrogen) atoms. The first kappa shape index (κ1) is 60.3. The molecule has 0 bridgehead atoms. The van der Waals surface area contributed by atoms with E-state index < -0.39 is 0 Å². The van der Waals surface area contributed by atoms with Crippen molar-refractivity contribution in [3.8, 4) is 55.6 Å². The molecule has 0 atom stereocenters. The van der Waals surface area contributed by atoms with Crippen LogP contribution in [0.25, 0.3) is 55.6 Å². The number of benzene rings is 9. The van der Waals surface area contributed by atoms with Crippen LogP contribution in [0.2, 0.25) is 0 Å². The van der Waals surface area contributed by atoms with Gasteiger partial charge in [0, 0.05) is 28.8 Å². The zero-order valence-electron chi connectivity index (χ0n) is 51.0. The molecule has 9 aromatic rings. The van der Waals surface area contributed by atoms with Gasteiger partial charge in [-0.25, -0.2) is 0 Å². The van der Waals surface area contributed by atoms with E-state index in [1.165, 1.54) is 92.6 Å². The Morgan fingerprint density at radius 3 is 0.929 bits per heavy atom. The van der Waals surface area contributed by atoms with Crippen LogP contribution in [0.4, 0.5) is 0 Å². The van der Waals surface area contributed by atoms with E-state index in [0.29, 0.717) is 0 Å². The average Bonchev–Trinajstić information content (AvgIpc) is 1.96. The molecule has 2 aliphatic heterocycles. The monoisotopic (exact) mass is 1350 g/mol. The average molecular weight is 1350 g/mol. The first-order valence-corrected chi connectivity index (χ1v) is 32.0. The first-order valence-electron chi connectivity index (χ1n) is 29.3. The summed E-state index contributed by atoms with van der Waals surface area (Å²) in [6.45, 7) is 30.6. The first-order chi connectivity index (χ1) is 39.6. The van der Waals surface area contributed by atoms with Crippen molar-refractivity contribution in [3.05, 3.63) is 246 Å². The molecule has 2 heterocycles. The standard InChI is InChI=1S/C27H29BO2.C21H25BO2.C21H17Br.C6H4BrI/c1-25(2)23-10-8-7-9-21(23)22-16-13-19(17-24(22)25)18-11-14-20(15-12-18)28-29-26(3,4)27(5,6)30-28;1-19(2)17-10-8-7-9-15(17)16-12-11-14(13-18(16)19)22-23-20(3,4)21(5,6)24-22;1-21(2)19-6-4-3-5-17(19)18-12-9-15(13-20(18)21)14-7-10-16(22)11-8-14;7-5-1-3-6(8)4-2-5/h7-17H,1-6H3;7-13H,1-6H3;3-13H,1-2H3;1-4H. The fourth-order valence-electron chi connectivity index (χ4n) is 12.5. The SMILES string of the molecule is Brc1ccc(I)cc1.CC1(C)c2ccccc2-c2ccc(-c3ccc(B4OC(C)(C)C(C)(C)O4)cc3)cc21.CC1(C)c2ccccc2-c2ccc(-c3ccc(Br)cc3)cc21.CC1(C)c2ccccc2-c2ccc(B3OC(C)(C)C(C)(C)O3)cc21. The van der Waals surface area contributed by atoms with E-state index in [1.54, 1.807) is 0 Å². The van der Waals surface area contributed by atoms with Crippen molar-refractivity contribution < 1.29 is 18.6 Å². The van der Waals surface area contributed by atoms with Gasteiger partial charge in [0.25, 0.3) is 0 Å². The van der Waals surface area contributed by atoms with E-state index >= 15 is 0 Å². The maximum absolute atomic E-state index is 6.23. The molecule has 0 radical (unpaired) electrons. The van der Waals surface area contributed by atoms with Gasteiger partial charge >= 0.3 is 14.2 Å². The Hall–Kier alpha value is -5.36. The molecule has 9 heteroatoms. The summed E-state index contributed by atoms with van der Waals surface area (Å²) in [6.07, 6.45) is 0. The second-order valence-electron chi connectivity index (χ2n) is 26.6. The van der Waals surface area contributed by atoms with E-state index in [0.717, 1.165) is 19.9 Å². The van der Waals surface area contributed by atoms with Gasteiger partial charge in [0.05, 0.1) is 22.4 Å². The van der Waals surface area contributed by atoms with E-state index in [9.17, 15) is 0 Å². The van der Waals surface area contributed by atoms with Crippen molar-refractivity contribution in [1.29, 1.82) is 0 Å². The number of halogens is 3. The molecular weight excluding hydrogens is 1270 g/mol. The predicted molar refractivity (Wildman–Crippen MR) is 369 cm³/mol. The Bertz CT molecular complexity index is 3880. The Kier molecular flexibility index (Phi) is 16.1. The summed E-state index contributed by atoms with van der Waals surface area (Å²) in [4.78, 5) is 0. The minimum atomic E-state index is -0.323. The zero-order chi connectivity index (χ0) is 59.9. The van der Waals surface area contributed by atoms with Gasteiger partial charge in [-0.1, -0.05) is 225 Å². The molecule has 14 rings (SSSR count). The highest BCUT2D eigenvalue weighted by molar-refractivity contribution is 14.1. The molecule has 5 aliphatic rings. The van der Waals surface area contributed by atoms with Gasteiger partial charge in [0.15, 0.2) is 0 Å². The minimum Gasteiger partial charge on any atom is -0.399 e. The second-order valence-corrected chi connectivity index (χ2v) is 29.7. The number of hydrogen-bond acceptors (Lipinski definition) is 4. The Labute approximate surface area is 531 Å². The van der Waals surface area contributed by atoms with Crippen LogP contribution >= 0.6 is 54.5 Å². The highest BCUT2D eigenvalue weighted by atomic mass is 127. The zero-order valence-corrected chi connectivity index (χ0v) is 56.3. The summed E-state index contributed by atoms with van der Waals surface area (Å²) in [5.41, 5.74) is 22.6. The molecule has 9 aromatic carbocycles. The van der Waals surface area contributed by atoms with Crippen molar-refractivity contribution in [3.63, 3.8) is 0 Å². The van der Waals surface area contributed by atoms with Crippen molar-refractivity contribution in [1.82, 2.24) is 0 Å². The van der Waals surface area contributed by atoms with Gasteiger partial charge in [0.2, 0.25) is 0 Å². The van der Waals surface area contributed by atoms with Crippen LogP contribution in [-0.4, -0.2) is 36.6 Å². The predicted octanol–water partition coefficient (Wildman–Crippen LogP) is 19.7. The van der Waals surface area contributed by atoms with Crippen molar-refractivity contribution in [2.45, 2.75) is 136 Å². The fourth-order valence-corrected chi connectivity index (χ4v) is 13.4. The third-order valence-electron chi connectivity index (χ3n) is 19.1. The van der Waals surface area contributed by atoms with Gasteiger partial charge in [-0.2, -0.15) is 0 Å². The van der Waals surface area contributed by atoms with E-state index in [-0.39, 0.29) is 52.9 Å². The number of rotatable bonds is 4. The van der Waals surface area contributed by atoms with Crippen molar-refractivity contribution >= 4 is 79.6 Å². The van der Waals surface area contributed by atoms with E-state index in [1.807, 2.05) is 12.1 Å². The Balaban J connectivity index is 0.000000124. The lowest BCUT2D eigenvalue weighted by Crippen LogP contribution is -2.41. The van der Waals surface area contributed by atoms with Crippen molar-refractivity contribution in [2.24, 2.45) is 0 Å². The topological polar surface area (TPSA) is 36.9 Å². The molecule has 426 valence electrons. The molecule has 0 N–H and O–H groups in total. The molecule has 0 amide bonds. The Morgan fingerprint density at radius 2 is 0.560 bits per heavy atom. The van der Waals surface area contributed by atoms with Gasteiger partial charge in [-0.05, 0) is 226 Å². The lowest BCUT2D eigenvalue weighted by Gasteiger charge is -2.32. The van der Waals surface area contributed by atoms with Gasteiger partial charge < -0.3 is 18.6 Å². The molecule has 2 fully saturated rings. The van der Waals surface area contributed by atoms with Crippen molar-refractivity contribution in [2.75, 3.05) is 0 Å². The minimum absolute atomic E-state index is 0.00553. The molecule has 2 saturated heterocycles. The summed E-state index contributed by atoms with van der Waals surface area (Å²) in [6, 6.07) is 72.0. The smallest absolute Gasteiger partial charge is 0.399 e. The third kappa shape index (κ3) is 11.1. The largest absolute Gasteiger partial charge is 0.494 e. The van der Waals surface area contributed by atoms with Crippen LogP contribution in [0.3, 0.4) is 0 Å². The molecule has 0 saturated carbocycles. The van der Waals surface area contributed by atoms with E-state index in [4.69, 9.17) is 18.6 Å². The molecule has 0 unspecified atom stereocenters. The lowest BCUT2D eigenvalue weighted by molar-refractivity contribution is 0.00578. The highest BCUT2D eigenvalue weighted by Crippen LogP contribution is 2.52. The van der Waals surface area contributed by atoms with Crippen LogP contribution < -0.4 is 10.9 Å². The van der Waals surface area contributed by atoms with Crippen LogP contribution in [0.5, 0.6) is 0 Å². The maximum Gasteiger partial charge on any atom is 0.494 e. The molecular formula is C75H75B2Br2IO4. The molecule has 3 aliphatic carbocycles. The summed E-state index contributed by atoms with van der Waals surface area (Å²) in [7, 11) is -0.627. The third-order valence-corrected chi connectivity index (χ3v) is 20.8. The van der Waals surface area contributed by atoms with Crippen LogP contribution in [0.15, 0.2) is 209 Å². The number of hydrogen-bond donors (Lipinski definition) is 0. The van der Waals surface area contributed by atoms with E-state index in [2.05, 4.69) is 339 Å². The number of fused-ring (bicyclic) bond motifs is 9. The normalized spacial score (nSPS) is 18.2. The summed E-state index contributed by atoms with van der Waals surface area (Å²) < 4.78 is 28.4. The maximum atomic E-state index is 6.23. The highest BCUT2D eigenvalue weighted by Gasteiger charge is 2.53.